The Balaban J connectivity index is 1.43. The number of fused-ring (bicyclic) bond motifs is 2. The summed E-state index contributed by atoms with van der Waals surface area (Å²) in [6.07, 6.45) is 0.565. The minimum Gasteiger partial charge on any atom is -0.342 e. The Morgan fingerprint density at radius 2 is 2.00 bits per heavy atom. The molecule has 4 nitrogen and oxygen atoms in total. The van der Waals surface area contributed by atoms with Crippen molar-refractivity contribution in [2.24, 2.45) is 0 Å². The number of nitrogens with zero attached hydrogens (tertiary/aromatic N) is 1. The molecule has 0 spiro atoms. The molecular weight excluding hydrogens is 467 g/mol. The summed E-state index contributed by atoms with van der Waals surface area (Å²) in [6, 6.07) is 10.6. The van der Waals surface area contributed by atoms with Gasteiger partial charge in [-0.15, -0.1) is 11.3 Å². The van der Waals surface area contributed by atoms with Crippen molar-refractivity contribution in [3.63, 3.8) is 0 Å². The quantitative estimate of drug-likeness (QED) is 0.586. The lowest BCUT2D eigenvalue weighted by Gasteiger charge is -2.29. The molecule has 3 aromatic rings. The van der Waals surface area contributed by atoms with E-state index in [-0.39, 0.29) is 30.7 Å². The number of amides is 2. The van der Waals surface area contributed by atoms with Gasteiger partial charge in [0.05, 0.1) is 11.6 Å². The van der Waals surface area contributed by atoms with E-state index in [9.17, 15) is 14.0 Å². The maximum Gasteiger partial charge on any atom is 0.263 e. The van der Waals surface area contributed by atoms with Crippen molar-refractivity contribution < 1.29 is 14.0 Å². The predicted octanol–water partition coefficient (Wildman–Crippen LogP) is 4.77. The van der Waals surface area contributed by atoms with Gasteiger partial charge in [-0.05, 0) is 30.2 Å². The first-order chi connectivity index (χ1) is 13.5. The maximum atomic E-state index is 14.1. The molecule has 0 fully saturated rings. The molecule has 2 heterocycles. The van der Waals surface area contributed by atoms with Gasteiger partial charge in [0.15, 0.2) is 0 Å². The molecule has 1 aliphatic rings. The van der Waals surface area contributed by atoms with Crippen molar-refractivity contribution >= 4 is 60.8 Å². The number of nitrogens with one attached hydrogen (secondary N) is 1. The van der Waals surface area contributed by atoms with Crippen LogP contribution in [0.1, 0.15) is 20.8 Å². The van der Waals surface area contributed by atoms with Crippen LogP contribution in [0.15, 0.2) is 40.9 Å². The summed E-state index contributed by atoms with van der Waals surface area (Å²) in [4.78, 5) is 27.0. The summed E-state index contributed by atoms with van der Waals surface area (Å²) in [6.45, 7) is 0.515. The van der Waals surface area contributed by atoms with Crippen molar-refractivity contribution in [2.45, 2.75) is 13.0 Å². The van der Waals surface area contributed by atoms with E-state index in [1.165, 1.54) is 17.4 Å². The first-order valence-corrected chi connectivity index (χ1v) is 10.6. The van der Waals surface area contributed by atoms with Gasteiger partial charge in [0.25, 0.3) is 5.91 Å². The van der Waals surface area contributed by atoms with Crippen LogP contribution in [0, 0.1) is 5.82 Å². The lowest BCUT2D eigenvalue weighted by molar-refractivity contribution is -0.131. The van der Waals surface area contributed by atoms with E-state index in [4.69, 9.17) is 11.6 Å². The van der Waals surface area contributed by atoms with E-state index in [1.807, 2.05) is 24.3 Å². The monoisotopic (exact) mass is 480 g/mol. The lowest BCUT2D eigenvalue weighted by atomic mass is 9.99. The minimum atomic E-state index is -0.383. The molecule has 1 N–H and O–H groups in total. The van der Waals surface area contributed by atoms with Crippen LogP contribution in [0.5, 0.6) is 0 Å². The van der Waals surface area contributed by atoms with Gasteiger partial charge in [-0.2, -0.15) is 0 Å². The van der Waals surface area contributed by atoms with Crippen LogP contribution in [0.25, 0.3) is 10.1 Å². The van der Waals surface area contributed by atoms with Crippen LogP contribution in [0.2, 0.25) is 5.02 Å². The van der Waals surface area contributed by atoms with E-state index in [0.717, 1.165) is 20.1 Å². The largest absolute Gasteiger partial charge is 0.342 e. The number of carbonyl (C=O) groups excluding carboxylic acids is 2. The normalized spacial score (nSPS) is 13.5. The second-order valence-corrected chi connectivity index (χ2v) is 8.76. The molecule has 28 heavy (non-hydrogen) atoms. The SMILES string of the molecule is O=C(NCC(=O)N1CCc2c(Br)ccc(F)c2C1)c1sc2ccccc2c1Cl. The Kier molecular flexibility index (Phi) is 5.40. The molecule has 0 radical (unpaired) electrons. The molecule has 144 valence electrons. The molecule has 2 amide bonds. The van der Waals surface area contributed by atoms with Crippen LogP contribution < -0.4 is 5.32 Å². The summed E-state index contributed by atoms with van der Waals surface area (Å²) in [5, 5.41) is 3.85. The molecule has 0 saturated heterocycles. The van der Waals surface area contributed by atoms with E-state index >= 15 is 0 Å². The Morgan fingerprint density at radius 3 is 2.79 bits per heavy atom. The predicted molar refractivity (Wildman–Crippen MR) is 112 cm³/mol. The molecule has 0 saturated carbocycles. The highest BCUT2D eigenvalue weighted by Crippen LogP contribution is 2.35. The fraction of sp³-hybridized carbons (Fsp3) is 0.200. The molecule has 0 aliphatic carbocycles. The Morgan fingerprint density at radius 1 is 1.21 bits per heavy atom. The van der Waals surface area contributed by atoms with Gasteiger partial charge in [-0.3, -0.25) is 9.59 Å². The molecule has 2 aromatic carbocycles. The van der Waals surface area contributed by atoms with Gasteiger partial charge in [0.2, 0.25) is 5.91 Å². The van der Waals surface area contributed by atoms with Crippen molar-refractivity contribution in [2.75, 3.05) is 13.1 Å². The number of benzene rings is 2. The van der Waals surface area contributed by atoms with E-state index in [0.29, 0.717) is 28.4 Å². The van der Waals surface area contributed by atoms with Crippen LogP contribution in [0.4, 0.5) is 4.39 Å². The first-order valence-electron chi connectivity index (χ1n) is 8.64. The second kappa shape index (κ2) is 7.81. The number of thiophene rings is 1. The van der Waals surface area contributed by atoms with Crippen molar-refractivity contribution in [3.05, 3.63) is 67.7 Å². The molecule has 4 rings (SSSR count). The zero-order valence-corrected chi connectivity index (χ0v) is 17.8. The fourth-order valence-electron chi connectivity index (χ4n) is 3.31. The van der Waals surface area contributed by atoms with Crippen LogP contribution in [0.3, 0.4) is 0 Å². The maximum absolute atomic E-state index is 14.1. The molecule has 8 heteroatoms. The third-order valence-electron chi connectivity index (χ3n) is 4.79. The average molecular weight is 482 g/mol. The fourth-order valence-corrected chi connectivity index (χ4v) is 5.32. The van der Waals surface area contributed by atoms with Gasteiger partial charge >= 0.3 is 0 Å². The van der Waals surface area contributed by atoms with E-state index < -0.39 is 0 Å². The standard InChI is InChI=1S/C20H15BrClFN2O2S/c21-14-5-6-15(23)13-10-25(8-7-11(13)14)17(26)9-24-20(27)19-18(22)12-3-1-2-4-16(12)28-19/h1-6H,7-10H2,(H,24,27). The third-order valence-corrected chi connectivity index (χ3v) is 7.21. The van der Waals surface area contributed by atoms with Crippen molar-refractivity contribution in [1.82, 2.24) is 10.2 Å². The van der Waals surface area contributed by atoms with Gasteiger partial charge in [-0.25, -0.2) is 4.39 Å². The Hall–Kier alpha value is -1.96. The van der Waals surface area contributed by atoms with Gasteiger partial charge < -0.3 is 10.2 Å². The molecule has 0 unspecified atom stereocenters. The lowest BCUT2D eigenvalue weighted by Crippen LogP contribution is -2.42. The molecule has 1 aliphatic heterocycles. The minimum absolute atomic E-state index is 0.158. The molecule has 1 aromatic heterocycles. The zero-order valence-electron chi connectivity index (χ0n) is 14.6. The van der Waals surface area contributed by atoms with Gasteiger partial charge in [0.1, 0.15) is 10.7 Å². The number of hydrogen-bond donors (Lipinski definition) is 1. The zero-order chi connectivity index (χ0) is 19.8. The average Bonchev–Trinajstić information content (AvgIpc) is 3.05. The topological polar surface area (TPSA) is 49.4 Å². The van der Waals surface area contributed by atoms with E-state index in [2.05, 4.69) is 21.2 Å². The Bertz CT molecular complexity index is 1100. The third kappa shape index (κ3) is 3.54. The highest BCUT2D eigenvalue weighted by Gasteiger charge is 2.25. The van der Waals surface area contributed by atoms with E-state index in [1.54, 1.807) is 11.0 Å². The summed E-state index contributed by atoms with van der Waals surface area (Å²) in [5.74, 6) is -0.960. The number of rotatable bonds is 3. The number of carbonyl (C=O) groups is 2. The van der Waals surface area contributed by atoms with Gasteiger partial charge in [-0.1, -0.05) is 45.7 Å². The number of hydrogen-bond acceptors (Lipinski definition) is 3. The van der Waals surface area contributed by atoms with Crippen molar-refractivity contribution in [1.29, 1.82) is 0 Å². The number of halogens is 3. The molecule has 0 atom stereocenters. The molecule has 0 bridgehead atoms. The van der Waals surface area contributed by atoms with Crippen LogP contribution >= 0.6 is 38.9 Å². The summed E-state index contributed by atoms with van der Waals surface area (Å²) < 4.78 is 15.9. The smallest absolute Gasteiger partial charge is 0.263 e. The van der Waals surface area contributed by atoms with Crippen LogP contribution in [-0.4, -0.2) is 29.8 Å². The summed E-state index contributed by atoms with van der Waals surface area (Å²) in [5.41, 5.74) is 1.41. The highest BCUT2D eigenvalue weighted by atomic mass is 79.9. The highest BCUT2D eigenvalue weighted by molar-refractivity contribution is 9.10. The first kappa shape index (κ1) is 19.4. The summed E-state index contributed by atoms with van der Waals surface area (Å²) in [7, 11) is 0. The second-order valence-electron chi connectivity index (χ2n) is 6.48. The van der Waals surface area contributed by atoms with Gasteiger partial charge in [0, 0.05) is 33.2 Å². The Labute approximate surface area is 178 Å². The molecular formula is C20H15BrClFN2O2S. The van der Waals surface area contributed by atoms with Crippen molar-refractivity contribution in [3.8, 4) is 0 Å². The summed E-state index contributed by atoms with van der Waals surface area (Å²) >= 11 is 11.0. The van der Waals surface area contributed by atoms with Crippen LogP contribution in [-0.2, 0) is 17.8 Å².